The van der Waals surface area contributed by atoms with Crippen molar-refractivity contribution in [2.75, 3.05) is 17.3 Å². The highest BCUT2D eigenvalue weighted by Crippen LogP contribution is 2.19. The number of benzene rings is 1. The minimum Gasteiger partial charge on any atom is -0.320 e. The summed E-state index contributed by atoms with van der Waals surface area (Å²) >= 11 is 1.68. The van der Waals surface area contributed by atoms with Crippen LogP contribution in [0.3, 0.4) is 0 Å². The van der Waals surface area contributed by atoms with Crippen LogP contribution in [0, 0.1) is 0 Å². The molecule has 1 heterocycles. The summed E-state index contributed by atoms with van der Waals surface area (Å²) < 4.78 is 1.98. The van der Waals surface area contributed by atoms with Crippen molar-refractivity contribution in [1.82, 2.24) is 9.55 Å². The topological polar surface area (TPSA) is 72.9 Å². The van der Waals surface area contributed by atoms with Gasteiger partial charge in [-0.1, -0.05) is 12.1 Å². The average molecular weight is 329 g/mol. The Bertz CT molecular complexity index is 602. The maximum absolute atomic E-state index is 12.1. The molecule has 0 unspecified atom stereocenters. The third kappa shape index (κ3) is 4.12. The second-order valence-corrected chi connectivity index (χ2v) is 5.53. The van der Waals surface area contributed by atoms with Gasteiger partial charge in [-0.2, -0.15) is 11.8 Å². The predicted molar refractivity (Wildman–Crippen MR) is 92.3 cm³/mol. The number of hydrogen-bond donors (Lipinski definition) is 2. The van der Waals surface area contributed by atoms with E-state index in [0.717, 1.165) is 23.3 Å². The van der Waals surface area contributed by atoms with Crippen LogP contribution >= 0.6 is 24.2 Å². The molecule has 0 radical (unpaired) electrons. The Morgan fingerprint density at radius 3 is 2.86 bits per heavy atom. The molecule has 3 N–H and O–H groups in total. The van der Waals surface area contributed by atoms with E-state index in [9.17, 15) is 4.79 Å². The number of nitrogens with one attached hydrogen (secondary N) is 1. The number of hydrogen-bond acceptors (Lipinski definition) is 4. The number of amides is 1. The molecule has 0 saturated carbocycles. The maximum atomic E-state index is 12.1. The first-order valence-corrected chi connectivity index (χ1v) is 8.07. The number of halogens is 1. The number of imidazole rings is 1. The number of aryl methyl sites for hydroxylation is 1. The fourth-order valence-electron chi connectivity index (χ4n) is 2.07. The molecule has 0 aliphatic heterocycles. The summed E-state index contributed by atoms with van der Waals surface area (Å²) in [5, 5.41) is 2.84. The first kappa shape index (κ1) is 17.8. The molecule has 1 aromatic carbocycles. The van der Waals surface area contributed by atoms with E-state index in [2.05, 4.69) is 10.3 Å². The summed E-state index contributed by atoms with van der Waals surface area (Å²) in [4.78, 5) is 16.5. The van der Waals surface area contributed by atoms with Gasteiger partial charge in [-0.05, 0) is 37.5 Å². The van der Waals surface area contributed by atoms with E-state index in [-0.39, 0.29) is 18.3 Å². The molecule has 116 valence electrons. The van der Waals surface area contributed by atoms with E-state index < -0.39 is 6.04 Å². The number of fused-ring (bicyclic) bond motifs is 1. The highest BCUT2D eigenvalue weighted by Gasteiger charge is 2.17. The molecule has 0 spiro atoms. The van der Waals surface area contributed by atoms with Gasteiger partial charge in [0, 0.05) is 6.54 Å². The van der Waals surface area contributed by atoms with Crippen LogP contribution in [0.5, 0.6) is 0 Å². The number of nitrogens with zero attached hydrogens (tertiary/aromatic N) is 2. The van der Waals surface area contributed by atoms with Gasteiger partial charge >= 0.3 is 0 Å². The number of para-hydroxylation sites is 2. The molecule has 5 nitrogen and oxygen atoms in total. The van der Waals surface area contributed by atoms with Crippen LogP contribution in [0.4, 0.5) is 5.95 Å². The Morgan fingerprint density at radius 1 is 1.48 bits per heavy atom. The minimum atomic E-state index is -0.493. The van der Waals surface area contributed by atoms with Crippen molar-refractivity contribution in [3.8, 4) is 0 Å². The molecule has 1 amide bonds. The molecule has 0 saturated heterocycles. The summed E-state index contributed by atoms with van der Waals surface area (Å²) in [5.41, 5.74) is 7.77. The normalized spacial score (nSPS) is 12.0. The number of carbonyl (C=O) groups is 1. The fourth-order valence-corrected chi connectivity index (χ4v) is 2.56. The first-order valence-electron chi connectivity index (χ1n) is 6.68. The predicted octanol–water partition coefficient (Wildman–Crippen LogP) is 2.50. The monoisotopic (exact) mass is 328 g/mol. The second kappa shape index (κ2) is 8.26. The quantitative estimate of drug-likeness (QED) is 0.854. The smallest absolute Gasteiger partial charge is 0.243 e. The molecule has 1 atom stereocenters. The molecule has 21 heavy (non-hydrogen) atoms. The SMILES string of the molecule is CCn1c(NC(=O)[C@@H](N)CCSC)nc2ccccc21.Cl. The van der Waals surface area contributed by atoms with Gasteiger partial charge in [-0.3, -0.25) is 10.1 Å². The Balaban J connectivity index is 0.00000220. The van der Waals surface area contributed by atoms with E-state index in [1.54, 1.807) is 11.8 Å². The zero-order chi connectivity index (χ0) is 14.5. The van der Waals surface area contributed by atoms with E-state index in [4.69, 9.17) is 5.73 Å². The van der Waals surface area contributed by atoms with E-state index in [1.807, 2.05) is 42.0 Å². The number of carbonyl (C=O) groups excluding carboxylic acids is 1. The third-order valence-corrected chi connectivity index (χ3v) is 3.82. The largest absolute Gasteiger partial charge is 0.320 e. The molecule has 0 aliphatic rings. The second-order valence-electron chi connectivity index (χ2n) is 4.55. The highest BCUT2D eigenvalue weighted by atomic mass is 35.5. The van der Waals surface area contributed by atoms with Crippen LogP contribution in [0.2, 0.25) is 0 Å². The van der Waals surface area contributed by atoms with Crippen LogP contribution in [0.1, 0.15) is 13.3 Å². The van der Waals surface area contributed by atoms with Gasteiger partial charge in [-0.15, -0.1) is 12.4 Å². The van der Waals surface area contributed by atoms with Crippen LogP contribution in [-0.2, 0) is 11.3 Å². The van der Waals surface area contributed by atoms with Crippen LogP contribution in [-0.4, -0.2) is 33.5 Å². The lowest BCUT2D eigenvalue weighted by molar-refractivity contribution is -0.117. The lowest BCUT2D eigenvalue weighted by atomic mass is 10.2. The highest BCUT2D eigenvalue weighted by molar-refractivity contribution is 7.98. The van der Waals surface area contributed by atoms with E-state index >= 15 is 0 Å². The molecule has 2 aromatic rings. The summed E-state index contributed by atoms with van der Waals surface area (Å²) in [5.74, 6) is 1.26. The van der Waals surface area contributed by atoms with Crippen molar-refractivity contribution in [3.05, 3.63) is 24.3 Å². The van der Waals surface area contributed by atoms with Crippen molar-refractivity contribution >= 4 is 47.1 Å². The molecule has 0 bridgehead atoms. The fraction of sp³-hybridized carbons (Fsp3) is 0.429. The van der Waals surface area contributed by atoms with Crippen LogP contribution in [0.15, 0.2) is 24.3 Å². The van der Waals surface area contributed by atoms with Gasteiger partial charge in [0.2, 0.25) is 11.9 Å². The molecule has 0 fully saturated rings. The van der Waals surface area contributed by atoms with Gasteiger partial charge in [0.25, 0.3) is 0 Å². The lowest BCUT2D eigenvalue weighted by Gasteiger charge is -2.12. The number of rotatable bonds is 6. The van der Waals surface area contributed by atoms with Gasteiger partial charge in [0.05, 0.1) is 17.1 Å². The Morgan fingerprint density at radius 2 is 2.19 bits per heavy atom. The molecule has 2 rings (SSSR count). The zero-order valence-corrected chi connectivity index (χ0v) is 13.8. The zero-order valence-electron chi connectivity index (χ0n) is 12.2. The summed E-state index contributed by atoms with van der Waals surface area (Å²) in [6, 6.07) is 7.34. The summed E-state index contributed by atoms with van der Waals surface area (Å²) in [6.45, 7) is 2.77. The summed E-state index contributed by atoms with van der Waals surface area (Å²) in [7, 11) is 0. The Labute approximate surface area is 135 Å². The number of aromatic nitrogens is 2. The van der Waals surface area contributed by atoms with Gasteiger partial charge < -0.3 is 10.3 Å². The number of thioether (sulfide) groups is 1. The van der Waals surface area contributed by atoms with E-state index in [0.29, 0.717) is 12.4 Å². The maximum Gasteiger partial charge on any atom is 0.243 e. The van der Waals surface area contributed by atoms with Crippen molar-refractivity contribution in [3.63, 3.8) is 0 Å². The van der Waals surface area contributed by atoms with Gasteiger partial charge in [0.1, 0.15) is 0 Å². The Kier molecular flexibility index (Phi) is 7.01. The lowest BCUT2D eigenvalue weighted by Crippen LogP contribution is -2.36. The van der Waals surface area contributed by atoms with Crippen molar-refractivity contribution in [2.24, 2.45) is 5.73 Å². The molecular formula is C14H21ClN4OS. The van der Waals surface area contributed by atoms with Gasteiger partial charge in [0.15, 0.2) is 0 Å². The van der Waals surface area contributed by atoms with Crippen LogP contribution < -0.4 is 11.1 Å². The molecule has 0 aliphatic carbocycles. The first-order chi connectivity index (χ1) is 9.67. The summed E-state index contributed by atoms with van der Waals surface area (Å²) in [6.07, 6.45) is 2.67. The van der Waals surface area contributed by atoms with Crippen LogP contribution in [0.25, 0.3) is 11.0 Å². The Hall–Kier alpha value is -1.24. The number of nitrogens with two attached hydrogens (primary N) is 1. The van der Waals surface area contributed by atoms with Gasteiger partial charge in [-0.25, -0.2) is 4.98 Å². The molecule has 1 aromatic heterocycles. The van der Waals surface area contributed by atoms with E-state index in [1.165, 1.54) is 0 Å². The molecule has 7 heteroatoms. The van der Waals surface area contributed by atoms with Crippen molar-refractivity contribution in [2.45, 2.75) is 25.9 Å². The third-order valence-electron chi connectivity index (χ3n) is 3.18. The minimum absolute atomic E-state index is 0. The average Bonchev–Trinajstić information content (AvgIpc) is 2.81. The van der Waals surface area contributed by atoms with Crippen molar-refractivity contribution < 1.29 is 4.79 Å². The molecular weight excluding hydrogens is 308 g/mol. The van der Waals surface area contributed by atoms with Crippen molar-refractivity contribution in [1.29, 1.82) is 0 Å². The standard InChI is InChI=1S/C14H20N4OS.ClH/c1-3-18-12-7-5-4-6-11(12)16-14(18)17-13(19)10(15)8-9-20-2;/h4-7,10H,3,8-9,15H2,1-2H3,(H,16,17,19);1H/t10-;/m0./s1. The number of anilines is 1.